The van der Waals surface area contributed by atoms with Crippen LogP contribution in [0.3, 0.4) is 0 Å². The van der Waals surface area contributed by atoms with Crippen LogP contribution >= 0.6 is 0 Å². The summed E-state index contributed by atoms with van der Waals surface area (Å²) in [6, 6.07) is 15.9. The predicted octanol–water partition coefficient (Wildman–Crippen LogP) is 3.88. The average molecular weight is 593 g/mol. The zero-order valence-electron chi connectivity index (χ0n) is 24.0. The summed E-state index contributed by atoms with van der Waals surface area (Å²) in [5.41, 5.74) is 1.52. The van der Waals surface area contributed by atoms with Gasteiger partial charge in [0.05, 0.1) is 12.1 Å². The molecular formula is C31H34F2N6O4. The number of ether oxygens (including phenoxy) is 2. The summed E-state index contributed by atoms with van der Waals surface area (Å²) in [7, 11) is 1.90. The number of hydrogen-bond acceptors (Lipinski definition) is 9. The van der Waals surface area contributed by atoms with Gasteiger partial charge >= 0.3 is 0 Å². The molecule has 3 heterocycles. The molecule has 0 radical (unpaired) electrons. The lowest BCUT2D eigenvalue weighted by atomic mass is 10.0. The molecule has 0 unspecified atom stereocenters. The van der Waals surface area contributed by atoms with E-state index in [-0.39, 0.29) is 30.8 Å². The Hall–Kier alpha value is -4.34. The quantitative estimate of drug-likeness (QED) is 0.401. The maximum Gasteiger partial charge on any atom is 0.251 e. The van der Waals surface area contributed by atoms with E-state index in [4.69, 9.17) is 9.47 Å². The van der Waals surface area contributed by atoms with Crippen molar-refractivity contribution in [2.75, 3.05) is 38.5 Å². The van der Waals surface area contributed by atoms with Crippen molar-refractivity contribution in [2.45, 2.75) is 50.4 Å². The second kappa shape index (κ2) is 13.3. The van der Waals surface area contributed by atoms with Gasteiger partial charge in [0.2, 0.25) is 0 Å². The van der Waals surface area contributed by atoms with Crippen LogP contribution in [0.15, 0.2) is 54.7 Å². The molecule has 43 heavy (non-hydrogen) atoms. The SMILES string of the molecule is C[C@H](O)C(=O)N1CC[C@H](Oc2ccc(-c3nccc(Nc4ccc(O[C@H]5CCN(C)C[C@H]5F)cc4)n3)cc2C#N)[C@H](F)C1. The molecule has 5 atom stereocenters. The number of likely N-dealkylation sites (tertiary alicyclic amines) is 2. The smallest absolute Gasteiger partial charge is 0.251 e. The van der Waals surface area contributed by atoms with Gasteiger partial charge in [0, 0.05) is 43.5 Å². The second-order valence-electron chi connectivity index (χ2n) is 10.9. The molecule has 2 fully saturated rings. The van der Waals surface area contributed by atoms with E-state index < -0.39 is 36.6 Å². The zero-order valence-corrected chi connectivity index (χ0v) is 24.0. The Morgan fingerprint density at radius 1 is 1.07 bits per heavy atom. The number of aliphatic hydroxyl groups is 1. The van der Waals surface area contributed by atoms with Crippen molar-refractivity contribution in [3.8, 4) is 29.0 Å². The molecule has 2 aromatic carbocycles. The van der Waals surface area contributed by atoms with Gasteiger partial charge in [-0.3, -0.25) is 4.79 Å². The molecule has 1 amide bonds. The standard InChI is InChI=1S/C31H34F2N6O4/c1-19(40)31(41)39-14-11-28(25(33)18-39)43-26-8-3-20(15-21(26)16-34)30-35-12-9-29(37-30)36-22-4-6-23(7-5-22)42-27-10-13-38(2)17-24(27)32/h3-9,12,15,19,24-25,27-28,40H,10-11,13-14,17-18H2,1-2H3,(H,35,36,37)/t19-,24+,25+,27-,28-/m0/s1. The number of aromatic nitrogens is 2. The highest BCUT2D eigenvalue weighted by Gasteiger charge is 2.34. The number of nitrogens with one attached hydrogen (secondary N) is 1. The number of amides is 1. The predicted molar refractivity (Wildman–Crippen MR) is 156 cm³/mol. The second-order valence-corrected chi connectivity index (χ2v) is 10.9. The van der Waals surface area contributed by atoms with E-state index in [0.717, 1.165) is 12.2 Å². The molecule has 0 saturated carbocycles. The first-order chi connectivity index (χ1) is 20.7. The summed E-state index contributed by atoms with van der Waals surface area (Å²) >= 11 is 0. The Morgan fingerprint density at radius 3 is 2.49 bits per heavy atom. The maximum absolute atomic E-state index is 14.8. The van der Waals surface area contributed by atoms with Crippen molar-refractivity contribution in [3.63, 3.8) is 0 Å². The molecule has 0 aliphatic carbocycles. The molecule has 2 aliphatic rings. The molecule has 1 aromatic heterocycles. The normalized spacial score (nSPS) is 23.2. The molecule has 2 saturated heterocycles. The third-order valence-electron chi connectivity index (χ3n) is 7.54. The fourth-order valence-corrected chi connectivity index (χ4v) is 5.18. The van der Waals surface area contributed by atoms with E-state index in [0.29, 0.717) is 35.9 Å². The van der Waals surface area contributed by atoms with Gasteiger partial charge in [-0.15, -0.1) is 0 Å². The topological polar surface area (TPSA) is 124 Å². The van der Waals surface area contributed by atoms with E-state index in [2.05, 4.69) is 21.4 Å². The first-order valence-corrected chi connectivity index (χ1v) is 14.2. The van der Waals surface area contributed by atoms with E-state index in [1.807, 2.05) is 24.1 Å². The number of carbonyl (C=O) groups is 1. The minimum atomic E-state index is -1.47. The van der Waals surface area contributed by atoms with Gasteiger partial charge in [-0.25, -0.2) is 18.7 Å². The van der Waals surface area contributed by atoms with E-state index in [9.17, 15) is 23.9 Å². The monoisotopic (exact) mass is 592 g/mol. The van der Waals surface area contributed by atoms with E-state index in [1.54, 1.807) is 42.6 Å². The van der Waals surface area contributed by atoms with Crippen molar-refractivity contribution in [1.82, 2.24) is 19.8 Å². The molecular weight excluding hydrogens is 558 g/mol. The highest BCUT2D eigenvalue weighted by Crippen LogP contribution is 2.29. The number of anilines is 2. The van der Waals surface area contributed by atoms with Crippen molar-refractivity contribution < 1.29 is 28.2 Å². The number of rotatable bonds is 8. The lowest BCUT2D eigenvalue weighted by Crippen LogP contribution is -2.51. The largest absolute Gasteiger partial charge is 0.487 e. The van der Waals surface area contributed by atoms with Gasteiger partial charge in [0.15, 0.2) is 12.0 Å². The van der Waals surface area contributed by atoms with Crippen molar-refractivity contribution in [2.24, 2.45) is 0 Å². The van der Waals surface area contributed by atoms with Crippen LogP contribution in [0.5, 0.6) is 11.5 Å². The number of benzene rings is 2. The maximum atomic E-state index is 14.8. The zero-order chi connectivity index (χ0) is 30.5. The molecule has 12 heteroatoms. The molecule has 226 valence electrons. The average Bonchev–Trinajstić information content (AvgIpc) is 3.00. The Morgan fingerprint density at radius 2 is 1.79 bits per heavy atom. The van der Waals surface area contributed by atoms with Crippen LogP contribution in [0.4, 0.5) is 20.3 Å². The van der Waals surface area contributed by atoms with Gasteiger partial charge in [-0.1, -0.05) is 0 Å². The van der Waals surface area contributed by atoms with Crippen LogP contribution < -0.4 is 14.8 Å². The number of nitrogens with zero attached hydrogens (tertiary/aromatic N) is 5. The number of aliphatic hydroxyl groups excluding tert-OH is 1. The summed E-state index contributed by atoms with van der Waals surface area (Å²) in [5.74, 6) is 1.19. The number of halogens is 2. The summed E-state index contributed by atoms with van der Waals surface area (Å²) in [5, 5.41) is 22.5. The Kier molecular flexibility index (Phi) is 9.33. The van der Waals surface area contributed by atoms with Crippen molar-refractivity contribution >= 4 is 17.4 Å². The van der Waals surface area contributed by atoms with E-state index in [1.165, 1.54) is 11.8 Å². The minimum Gasteiger partial charge on any atom is -0.487 e. The van der Waals surface area contributed by atoms with Gasteiger partial charge in [0.25, 0.3) is 5.91 Å². The van der Waals surface area contributed by atoms with Crippen LogP contribution in [0, 0.1) is 11.3 Å². The Balaban J connectivity index is 1.22. The highest BCUT2D eigenvalue weighted by molar-refractivity contribution is 5.80. The van der Waals surface area contributed by atoms with Gasteiger partial charge in [0.1, 0.15) is 47.9 Å². The van der Waals surface area contributed by atoms with E-state index >= 15 is 0 Å². The van der Waals surface area contributed by atoms with Gasteiger partial charge in [-0.2, -0.15) is 5.26 Å². The number of hydrogen-bond donors (Lipinski definition) is 2. The molecule has 0 spiro atoms. The van der Waals surface area contributed by atoms with Crippen LogP contribution in [0.2, 0.25) is 0 Å². The van der Waals surface area contributed by atoms with Gasteiger partial charge in [-0.05, 0) is 68.9 Å². The molecule has 0 bridgehead atoms. The molecule has 3 aromatic rings. The van der Waals surface area contributed by atoms with Gasteiger partial charge < -0.3 is 29.7 Å². The van der Waals surface area contributed by atoms with Crippen LogP contribution in [0.1, 0.15) is 25.3 Å². The molecule has 10 nitrogen and oxygen atoms in total. The summed E-state index contributed by atoms with van der Waals surface area (Å²) in [4.78, 5) is 24.1. The minimum absolute atomic E-state index is 0.186. The first kappa shape index (κ1) is 30.1. The third-order valence-corrected chi connectivity index (χ3v) is 7.54. The Labute approximate surface area is 248 Å². The number of carbonyl (C=O) groups excluding carboxylic acids is 1. The third kappa shape index (κ3) is 7.36. The first-order valence-electron chi connectivity index (χ1n) is 14.2. The fraction of sp³-hybridized carbons (Fsp3) is 0.419. The molecule has 2 aliphatic heterocycles. The van der Waals surface area contributed by atoms with Crippen molar-refractivity contribution in [3.05, 3.63) is 60.3 Å². The Bertz CT molecular complexity index is 1470. The summed E-state index contributed by atoms with van der Waals surface area (Å²) in [6.45, 7) is 2.56. The number of alkyl halides is 2. The van der Waals surface area contributed by atoms with Crippen molar-refractivity contribution in [1.29, 1.82) is 5.26 Å². The lowest BCUT2D eigenvalue weighted by Gasteiger charge is -2.35. The highest BCUT2D eigenvalue weighted by atomic mass is 19.1. The van der Waals surface area contributed by atoms with Crippen LogP contribution in [-0.2, 0) is 4.79 Å². The van der Waals surface area contributed by atoms with Crippen LogP contribution in [-0.4, -0.2) is 94.7 Å². The summed E-state index contributed by atoms with van der Waals surface area (Å²) in [6.07, 6.45) is -2.55. The lowest BCUT2D eigenvalue weighted by molar-refractivity contribution is -0.143. The molecule has 5 rings (SSSR count). The number of nitriles is 1. The fourth-order valence-electron chi connectivity index (χ4n) is 5.18. The van der Waals surface area contributed by atoms with Crippen LogP contribution in [0.25, 0.3) is 11.4 Å². The molecule has 2 N–H and O–H groups in total. The summed E-state index contributed by atoms with van der Waals surface area (Å²) < 4.78 is 40.9. The number of piperidine rings is 2.